The highest BCUT2D eigenvalue weighted by molar-refractivity contribution is 7.00. The number of anilines is 6. The zero-order valence-corrected chi connectivity index (χ0v) is 41.9. The van der Waals surface area contributed by atoms with Crippen molar-refractivity contribution in [1.29, 1.82) is 0 Å². The fourth-order valence-corrected chi connectivity index (χ4v) is 13.4. The van der Waals surface area contributed by atoms with Gasteiger partial charge in [-0.15, -0.1) is 0 Å². The molecule has 0 fully saturated rings. The summed E-state index contributed by atoms with van der Waals surface area (Å²) < 4.78 is 5.12. The second-order valence-corrected chi connectivity index (χ2v) is 20.8. The highest BCUT2D eigenvalue weighted by atomic mass is 15.2. The second kappa shape index (κ2) is 15.4. The van der Waals surface area contributed by atoms with Crippen molar-refractivity contribution in [3.05, 3.63) is 234 Å². The lowest BCUT2D eigenvalue weighted by Crippen LogP contribution is -2.59. The predicted octanol–water partition coefficient (Wildman–Crippen LogP) is 16.1. The maximum absolute atomic E-state index is 2.56. The van der Waals surface area contributed by atoms with Gasteiger partial charge in [-0.2, -0.15) is 0 Å². The summed E-state index contributed by atoms with van der Waals surface area (Å²) in [5, 5.41) is 12.5. The number of hydrogen-bond acceptors (Lipinski definition) is 2. The third-order valence-electron chi connectivity index (χ3n) is 16.6. The zero-order valence-electron chi connectivity index (χ0n) is 41.9. The molecule has 2 aliphatic heterocycles. The van der Waals surface area contributed by atoms with Gasteiger partial charge in [-0.1, -0.05) is 127 Å². The molecule has 0 bridgehead atoms. The van der Waals surface area contributed by atoms with Crippen LogP contribution in [-0.4, -0.2) is 15.8 Å². The molecule has 0 aliphatic carbocycles. The van der Waals surface area contributed by atoms with Crippen molar-refractivity contribution < 1.29 is 0 Å². The van der Waals surface area contributed by atoms with Gasteiger partial charge in [0, 0.05) is 55.7 Å². The number of fused-ring (bicyclic) bond motifs is 8. The first kappa shape index (κ1) is 41.9. The normalized spacial score (nSPS) is 12.5. The predicted molar refractivity (Wildman–Crippen MR) is 313 cm³/mol. The second-order valence-electron chi connectivity index (χ2n) is 20.8. The van der Waals surface area contributed by atoms with Gasteiger partial charge in [0.05, 0.1) is 33.8 Å². The van der Waals surface area contributed by atoms with Crippen LogP contribution in [0.1, 0.15) is 33.6 Å². The Morgan fingerprint density at radius 1 is 0.315 bits per heavy atom. The lowest BCUT2D eigenvalue weighted by atomic mass is 9.34. The molecule has 0 saturated carbocycles. The molecule has 13 aromatic rings. The van der Waals surface area contributed by atoms with Crippen LogP contribution >= 0.6 is 0 Å². The summed E-state index contributed by atoms with van der Waals surface area (Å²) in [7, 11) is 0. The minimum absolute atomic E-state index is 0.0102. The number of aromatic nitrogens is 2. The van der Waals surface area contributed by atoms with Crippen LogP contribution in [0.2, 0.25) is 0 Å². The van der Waals surface area contributed by atoms with Crippen LogP contribution in [0.3, 0.4) is 0 Å². The highest BCUT2D eigenvalue weighted by Gasteiger charge is 2.41. The standard InChI is InChI=1S/C68H51BN4/c1-40-26-30-60(54-22-13-11-20-52(40)54)73(61-31-27-41(2)53-21-12-14-23-55(53)61)63-33-29-59-68-57(63)37-45(6)71(68)65-25-15-24-64-66(65)69(59)58-28-32-62(56-36-44(5)70(64)67(56)58)72(48-34-42(3)50-18-9-7-16-46(50)38-48)49-35-43(4)51-19-10-8-17-47(51)39-49/h7-39H,1-6H3. The highest BCUT2D eigenvalue weighted by Crippen LogP contribution is 2.48. The molecule has 346 valence electrons. The van der Waals surface area contributed by atoms with E-state index in [1.54, 1.807) is 0 Å². The van der Waals surface area contributed by atoms with Crippen molar-refractivity contribution in [2.75, 3.05) is 9.80 Å². The van der Waals surface area contributed by atoms with Gasteiger partial charge in [-0.3, -0.25) is 0 Å². The third-order valence-corrected chi connectivity index (χ3v) is 16.6. The fraction of sp³-hybridized carbons (Fsp3) is 0.0882. The van der Waals surface area contributed by atoms with E-state index in [4.69, 9.17) is 0 Å². The Morgan fingerprint density at radius 2 is 0.712 bits per heavy atom. The van der Waals surface area contributed by atoms with Gasteiger partial charge < -0.3 is 18.9 Å². The lowest BCUT2D eigenvalue weighted by Gasteiger charge is -2.36. The summed E-state index contributed by atoms with van der Waals surface area (Å²) in [6, 6.07) is 75.8. The Morgan fingerprint density at radius 3 is 1.19 bits per heavy atom. The van der Waals surface area contributed by atoms with E-state index in [1.165, 1.54) is 149 Å². The van der Waals surface area contributed by atoms with Crippen molar-refractivity contribution in [3.63, 3.8) is 0 Å². The number of benzene rings is 11. The molecule has 4 nitrogen and oxygen atoms in total. The van der Waals surface area contributed by atoms with E-state index >= 15 is 0 Å². The van der Waals surface area contributed by atoms with Crippen molar-refractivity contribution in [2.45, 2.75) is 41.5 Å². The van der Waals surface area contributed by atoms with E-state index in [0.29, 0.717) is 0 Å². The molecule has 0 spiro atoms. The van der Waals surface area contributed by atoms with Gasteiger partial charge in [0.15, 0.2) is 0 Å². The molecule has 4 heterocycles. The Bertz CT molecular complexity index is 4380. The summed E-state index contributed by atoms with van der Waals surface area (Å²) in [5.74, 6) is 0. The van der Waals surface area contributed by atoms with E-state index < -0.39 is 0 Å². The molecule has 5 heteroatoms. The third kappa shape index (κ3) is 5.85. The van der Waals surface area contributed by atoms with Gasteiger partial charge in [-0.05, 0) is 185 Å². The number of aryl methyl sites for hydroxylation is 6. The molecule has 15 rings (SSSR count). The maximum atomic E-state index is 2.56. The van der Waals surface area contributed by atoms with E-state index in [0.717, 1.165) is 11.4 Å². The van der Waals surface area contributed by atoms with Crippen molar-refractivity contribution >= 4 is 122 Å². The SMILES string of the molecule is Cc1cc(N(c2cc(C)c3ccccc3c2)c2ccc3c4c2cc(C)n4-c2cccc4c2B3c2ccc(N(c3ccc(C)c5ccccc35)c3ccc(C)c5ccccc35)c3cc(C)n-4c23)cc2ccccc12. The molecule has 11 aromatic carbocycles. The van der Waals surface area contributed by atoms with Crippen LogP contribution in [0, 0.1) is 41.5 Å². The zero-order chi connectivity index (χ0) is 49.0. The van der Waals surface area contributed by atoms with E-state index in [9.17, 15) is 0 Å². The van der Waals surface area contributed by atoms with Gasteiger partial charge in [0.1, 0.15) is 0 Å². The molecule has 73 heavy (non-hydrogen) atoms. The van der Waals surface area contributed by atoms with Crippen LogP contribution in [0.15, 0.2) is 200 Å². The van der Waals surface area contributed by atoms with Crippen LogP contribution < -0.4 is 26.2 Å². The van der Waals surface area contributed by atoms with Crippen LogP contribution in [-0.2, 0) is 0 Å². The van der Waals surface area contributed by atoms with E-state index in [2.05, 4.69) is 261 Å². The average molecular weight is 935 g/mol. The minimum atomic E-state index is 0.0102. The summed E-state index contributed by atoms with van der Waals surface area (Å²) in [4.78, 5) is 5.08. The minimum Gasteiger partial charge on any atom is -0.315 e. The van der Waals surface area contributed by atoms with Crippen LogP contribution in [0.5, 0.6) is 0 Å². The molecule has 0 amide bonds. The van der Waals surface area contributed by atoms with Crippen molar-refractivity contribution in [1.82, 2.24) is 9.13 Å². The Hall–Kier alpha value is -8.80. The van der Waals surface area contributed by atoms with Crippen molar-refractivity contribution in [3.8, 4) is 11.4 Å². The van der Waals surface area contributed by atoms with Crippen LogP contribution in [0.25, 0.3) is 76.3 Å². The lowest BCUT2D eigenvalue weighted by molar-refractivity contribution is 1.03. The largest absolute Gasteiger partial charge is 0.315 e. The summed E-state index contributed by atoms with van der Waals surface area (Å²) in [5.41, 5.74) is 23.6. The fourth-order valence-electron chi connectivity index (χ4n) is 13.4. The maximum Gasteiger partial charge on any atom is 0.252 e. The Kier molecular flexibility index (Phi) is 8.82. The van der Waals surface area contributed by atoms with Gasteiger partial charge in [0.25, 0.3) is 6.71 Å². The molecule has 0 saturated heterocycles. The van der Waals surface area contributed by atoms with Gasteiger partial charge in [-0.25, -0.2) is 0 Å². The summed E-state index contributed by atoms with van der Waals surface area (Å²) in [6.45, 7) is 13.5. The molecular formula is C68H51BN4. The Balaban J connectivity index is 0.989. The molecule has 0 unspecified atom stereocenters. The molecule has 0 N–H and O–H groups in total. The van der Waals surface area contributed by atoms with Crippen molar-refractivity contribution in [2.24, 2.45) is 0 Å². The average Bonchev–Trinajstić information content (AvgIpc) is 3.97. The van der Waals surface area contributed by atoms with Crippen LogP contribution in [0.4, 0.5) is 34.1 Å². The molecule has 0 atom stereocenters. The smallest absolute Gasteiger partial charge is 0.252 e. The van der Waals surface area contributed by atoms with E-state index in [1.807, 2.05) is 0 Å². The topological polar surface area (TPSA) is 16.3 Å². The number of rotatable bonds is 6. The monoisotopic (exact) mass is 934 g/mol. The first-order chi connectivity index (χ1) is 35.7. The first-order valence-electron chi connectivity index (χ1n) is 25.7. The molecular weight excluding hydrogens is 884 g/mol. The number of hydrogen-bond donors (Lipinski definition) is 0. The summed E-state index contributed by atoms with van der Waals surface area (Å²) in [6.07, 6.45) is 0. The first-order valence-corrected chi connectivity index (χ1v) is 25.7. The summed E-state index contributed by atoms with van der Waals surface area (Å²) >= 11 is 0. The molecule has 0 radical (unpaired) electrons. The van der Waals surface area contributed by atoms with E-state index in [-0.39, 0.29) is 6.71 Å². The molecule has 2 aliphatic rings. The molecule has 2 aromatic heterocycles. The number of nitrogens with zero attached hydrogens (tertiary/aromatic N) is 4. The van der Waals surface area contributed by atoms with Gasteiger partial charge >= 0.3 is 0 Å². The van der Waals surface area contributed by atoms with Gasteiger partial charge in [0.2, 0.25) is 0 Å². The Labute approximate surface area is 425 Å². The quantitative estimate of drug-likeness (QED) is 0.155.